The van der Waals surface area contributed by atoms with E-state index >= 15 is 0 Å². The minimum absolute atomic E-state index is 0.309. The van der Waals surface area contributed by atoms with Crippen LogP contribution in [0, 0.1) is 0 Å². The summed E-state index contributed by atoms with van der Waals surface area (Å²) in [6.45, 7) is 7.97. The molecule has 0 aliphatic carbocycles. The van der Waals surface area contributed by atoms with Crippen molar-refractivity contribution in [2.45, 2.75) is 32.4 Å². The summed E-state index contributed by atoms with van der Waals surface area (Å²) in [5.41, 5.74) is 0. The van der Waals surface area contributed by atoms with E-state index in [2.05, 4.69) is 24.1 Å². The summed E-state index contributed by atoms with van der Waals surface area (Å²) in [4.78, 5) is 2.46. The zero-order chi connectivity index (χ0) is 8.97. The van der Waals surface area contributed by atoms with Gasteiger partial charge in [-0.3, -0.25) is 4.90 Å². The van der Waals surface area contributed by atoms with E-state index in [1.165, 1.54) is 0 Å². The van der Waals surface area contributed by atoms with Crippen molar-refractivity contribution in [1.82, 2.24) is 10.2 Å². The van der Waals surface area contributed by atoms with Crippen molar-refractivity contribution in [3.8, 4) is 0 Å². The maximum Gasteiger partial charge on any atom is 0.0443 e. The Morgan fingerprint density at radius 1 is 1.33 bits per heavy atom. The second kappa shape index (κ2) is 4.80. The van der Waals surface area contributed by atoms with E-state index in [0.29, 0.717) is 18.7 Å². The Balaban J connectivity index is 2.34. The van der Waals surface area contributed by atoms with E-state index in [0.717, 1.165) is 26.1 Å². The molecule has 12 heavy (non-hydrogen) atoms. The first-order chi connectivity index (χ1) is 5.75. The molecule has 0 spiro atoms. The third-order valence-corrected chi connectivity index (χ3v) is 2.59. The van der Waals surface area contributed by atoms with Gasteiger partial charge in [0.25, 0.3) is 0 Å². The summed E-state index contributed by atoms with van der Waals surface area (Å²) in [6, 6.07) is 1.22. The lowest BCUT2D eigenvalue weighted by Gasteiger charge is -2.39. The van der Waals surface area contributed by atoms with Gasteiger partial charge >= 0.3 is 0 Å². The smallest absolute Gasteiger partial charge is 0.0443 e. The van der Waals surface area contributed by atoms with Gasteiger partial charge in [0.2, 0.25) is 0 Å². The maximum absolute atomic E-state index is 8.73. The second-order valence-corrected chi connectivity index (χ2v) is 3.67. The summed E-state index contributed by atoms with van der Waals surface area (Å²) < 4.78 is 0. The normalized spacial score (nSPS) is 32.2. The fraction of sp³-hybridized carbons (Fsp3) is 1.00. The lowest BCUT2D eigenvalue weighted by Crippen LogP contribution is -2.55. The van der Waals surface area contributed by atoms with Crippen LogP contribution in [-0.4, -0.2) is 48.3 Å². The molecule has 0 amide bonds. The van der Waals surface area contributed by atoms with E-state index < -0.39 is 0 Å². The monoisotopic (exact) mass is 172 g/mol. The van der Waals surface area contributed by atoms with Crippen molar-refractivity contribution in [2.75, 3.05) is 26.2 Å². The lowest BCUT2D eigenvalue weighted by molar-refractivity contribution is 0.107. The number of nitrogens with one attached hydrogen (secondary N) is 1. The van der Waals surface area contributed by atoms with Gasteiger partial charge in [-0.2, -0.15) is 0 Å². The molecule has 3 heteroatoms. The van der Waals surface area contributed by atoms with Crippen LogP contribution in [0.5, 0.6) is 0 Å². The van der Waals surface area contributed by atoms with E-state index in [4.69, 9.17) is 5.11 Å². The highest BCUT2D eigenvalue weighted by Gasteiger charge is 2.23. The minimum atomic E-state index is 0.309. The molecule has 1 heterocycles. The standard InChI is InChI=1S/C9H20N2O/c1-8-6-10-7-9(2)11(8)4-3-5-12/h8-10,12H,3-7H2,1-2H3. The summed E-state index contributed by atoms with van der Waals surface area (Å²) >= 11 is 0. The predicted octanol–water partition coefficient (Wildman–Crippen LogP) is 0.0510. The molecule has 2 atom stereocenters. The Labute approximate surface area is 74.8 Å². The highest BCUT2D eigenvalue weighted by Crippen LogP contribution is 2.09. The number of aliphatic hydroxyl groups is 1. The average molecular weight is 172 g/mol. The zero-order valence-electron chi connectivity index (χ0n) is 8.08. The van der Waals surface area contributed by atoms with Gasteiger partial charge in [-0.25, -0.2) is 0 Å². The quantitative estimate of drug-likeness (QED) is 0.631. The number of piperazine rings is 1. The first-order valence-electron chi connectivity index (χ1n) is 4.83. The van der Waals surface area contributed by atoms with E-state index in [1.54, 1.807) is 0 Å². The molecule has 0 saturated carbocycles. The first kappa shape index (κ1) is 9.96. The van der Waals surface area contributed by atoms with Crippen molar-refractivity contribution < 1.29 is 5.11 Å². The van der Waals surface area contributed by atoms with Crippen LogP contribution in [0.15, 0.2) is 0 Å². The van der Waals surface area contributed by atoms with Crippen LogP contribution in [0.3, 0.4) is 0 Å². The average Bonchev–Trinajstić information content (AvgIpc) is 2.04. The van der Waals surface area contributed by atoms with E-state index in [1.807, 2.05) is 0 Å². The number of aliphatic hydroxyl groups excluding tert-OH is 1. The fourth-order valence-electron chi connectivity index (χ4n) is 1.86. The summed E-state index contributed by atoms with van der Waals surface area (Å²) in [5.74, 6) is 0. The van der Waals surface area contributed by atoms with Crippen LogP contribution >= 0.6 is 0 Å². The van der Waals surface area contributed by atoms with Crippen LogP contribution in [-0.2, 0) is 0 Å². The van der Waals surface area contributed by atoms with E-state index in [-0.39, 0.29) is 0 Å². The van der Waals surface area contributed by atoms with Crippen molar-refractivity contribution in [3.63, 3.8) is 0 Å². The maximum atomic E-state index is 8.73. The highest BCUT2D eigenvalue weighted by molar-refractivity contribution is 4.81. The van der Waals surface area contributed by atoms with Crippen LogP contribution in [0.1, 0.15) is 20.3 Å². The largest absolute Gasteiger partial charge is 0.396 e. The SMILES string of the molecule is CC1CNCC(C)N1CCCO. The Morgan fingerprint density at radius 2 is 1.92 bits per heavy atom. The number of hydrogen-bond acceptors (Lipinski definition) is 3. The van der Waals surface area contributed by atoms with Gasteiger partial charge in [-0.15, -0.1) is 0 Å². The Hall–Kier alpha value is -0.120. The molecular formula is C9H20N2O. The number of hydrogen-bond donors (Lipinski definition) is 2. The molecule has 1 fully saturated rings. The van der Waals surface area contributed by atoms with Gasteiger partial charge in [0.05, 0.1) is 0 Å². The van der Waals surface area contributed by atoms with Gasteiger partial charge in [0, 0.05) is 38.3 Å². The van der Waals surface area contributed by atoms with Gasteiger partial charge in [0.15, 0.2) is 0 Å². The molecule has 72 valence electrons. The van der Waals surface area contributed by atoms with Gasteiger partial charge < -0.3 is 10.4 Å². The van der Waals surface area contributed by atoms with Crippen LogP contribution in [0.4, 0.5) is 0 Å². The van der Waals surface area contributed by atoms with Crippen molar-refractivity contribution in [2.24, 2.45) is 0 Å². The van der Waals surface area contributed by atoms with Gasteiger partial charge in [0.1, 0.15) is 0 Å². The van der Waals surface area contributed by atoms with Crippen molar-refractivity contribution >= 4 is 0 Å². The van der Waals surface area contributed by atoms with Crippen molar-refractivity contribution in [3.05, 3.63) is 0 Å². The molecule has 0 aromatic heterocycles. The molecule has 1 aliphatic rings. The Morgan fingerprint density at radius 3 is 2.42 bits per heavy atom. The molecule has 0 bridgehead atoms. The topological polar surface area (TPSA) is 35.5 Å². The van der Waals surface area contributed by atoms with Crippen LogP contribution < -0.4 is 5.32 Å². The minimum Gasteiger partial charge on any atom is -0.396 e. The lowest BCUT2D eigenvalue weighted by atomic mass is 10.1. The molecule has 2 N–H and O–H groups in total. The molecule has 0 aromatic rings. The Bertz CT molecular complexity index is 120. The van der Waals surface area contributed by atoms with E-state index in [9.17, 15) is 0 Å². The summed E-state index contributed by atoms with van der Waals surface area (Å²) in [7, 11) is 0. The summed E-state index contributed by atoms with van der Waals surface area (Å²) in [5, 5.41) is 12.1. The predicted molar refractivity (Wildman–Crippen MR) is 50.2 cm³/mol. The first-order valence-corrected chi connectivity index (χ1v) is 4.83. The van der Waals surface area contributed by atoms with Crippen LogP contribution in [0.2, 0.25) is 0 Å². The molecule has 0 radical (unpaired) electrons. The van der Waals surface area contributed by atoms with Gasteiger partial charge in [-0.05, 0) is 20.3 Å². The summed E-state index contributed by atoms with van der Waals surface area (Å²) in [6.07, 6.45) is 0.898. The second-order valence-electron chi connectivity index (χ2n) is 3.67. The molecular weight excluding hydrogens is 152 g/mol. The van der Waals surface area contributed by atoms with Crippen molar-refractivity contribution in [1.29, 1.82) is 0 Å². The van der Waals surface area contributed by atoms with Gasteiger partial charge in [-0.1, -0.05) is 0 Å². The Kier molecular flexibility index (Phi) is 3.98. The molecule has 0 aromatic carbocycles. The number of rotatable bonds is 3. The molecule has 2 unspecified atom stereocenters. The third kappa shape index (κ3) is 2.44. The fourth-order valence-corrected chi connectivity index (χ4v) is 1.86. The highest BCUT2D eigenvalue weighted by atomic mass is 16.3. The molecule has 1 saturated heterocycles. The third-order valence-electron chi connectivity index (χ3n) is 2.59. The number of nitrogens with zero attached hydrogens (tertiary/aromatic N) is 1. The molecule has 1 aliphatic heterocycles. The molecule has 3 nitrogen and oxygen atoms in total. The van der Waals surface area contributed by atoms with Crippen LogP contribution in [0.25, 0.3) is 0 Å². The molecule has 1 rings (SSSR count). The zero-order valence-corrected chi connectivity index (χ0v) is 8.08.